The Balaban J connectivity index is 1.18. The summed E-state index contributed by atoms with van der Waals surface area (Å²) in [5.74, 6) is 4.62. The third-order valence-corrected chi connectivity index (χ3v) is 10.4. The van der Waals surface area contributed by atoms with Crippen molar-refractivity contribution in [2.75, 3.05) is 13.2 Å². The lowest BCUT2D eigenvalue weighted by Gasteiger charge is -2.60. The van der Waals surface area contributed by atoms with Gasteiger partial charge in [0, 0.05) is 12.6 Å². The maximum absolute atomic E-state index is 10.5. The van der Waals surface area contributed by atoms with Gasteiger partial charge in [-0.05, 0) is 98.0 Å². The molecule has 4 fully saturated rings. The van der Waals surface area contributed by atoms with Crippen LogP contribution in [-0.4, -0.2) is 30.4 Å². The maximum atomic E-state index is 10.5. The van der Waals surface area contributed by atoms with E-state index in [1.165, 1.54) is 64.2 Å². The second kappa shape index (κ2) is 8.71. The van der Waals surface area contributed by atoms with Crippen LogP contribution in [0.3, 0.4) is 0 Å². The molecule has 0 unspecified atom stereocenters. The van der Waals surface area contributed by atoms with Crippen molar-refractivity contribution in [3.05, 3.63) is 30.3 Å². The van der Waals surface area contributed by atoms with Crippen molar-refractivity contribution in [3.63, 3.8) is 0 Å². The first kappa shape index (κ1) is 21.8. The molecule has 172 valence electrons. The van der Waals surface area contributed by atoms with Gasteiger partial charge in [0.1, 0.15) is 18.5 Å². The SMILES string of the molecule is C[C@]12CCCC[C@@H]1CC[C@@H]1[C@@H]2CC[C@]2(C)[C@@H](NC[C@H](O)COc3ccccc3)CC[C@@H]12. The zero-order valence-corrected chi connectivity index (χ0v) is 19.7. The molecule has 4 aliphatic carbocycles. The Bertz CT molecular complexity index is 738. The molecule has 3 nitrogen and oxygen atoms in total. The molecule has 4 saturated carbocycles. The van der Waals surface area contributed by atoms with Gasteiger partial charge in [-0.15, -0.1) is 0 Å². The normalized spacial score (nSPS) is 42.9. The molecule has 0 bridgehead atoms. The lowest BCUT2D eigenvalue weighted by Crippen LogP contribution is -2.55. The van der Waals surface area contributed by atoms with Gasteiger partial charge in [-0.3, -0.25) is 0 Å². The third-order valence-electron chi connectivity index (χ3n) is 10.4. The molecule has 0 aromatic heterocycles. The number of hydrogen-bond acceptors (Lipinski definition) is 3. The van der Waals surface area contributed by atoms with Gasteiger partial charge in [0.2, 0.25) is 0 Å². The van der Waals surface area contributed by atoms with Crippen LogP contribution in [0.1, 0.15) is 78.1 Å². The topological polar surface area (TPSA) is 41.5 Å². The summed E-state index contributed by atoms with van der Waals surface area (Å²) in [5, 5.41) is 14.3. The van der Waals surface area contributed by atoms with E-state index in [2.05, 4.69) is 19.2 Å². The van der Waals surface area contributed by atoms with Crippen LogP contribution in [-0.2, 0) is 0 Å². The van der Waals surface area contributed by atoms with Gasteiger partial charge in [0.05, 0.1) is 0 Å². The molecular weight excluding hydrogens is 382 g/mol. The van der Waals surface area contributed by atoms with Crippen molar-refractivity contribution in [1.82, 2.24) is 5.32 Å². The quantitative estimate of drug-likeness (QED) is 0.604. The molecule has 3 heteroatoms. The Kier molecular flexibility index (Phi) is 6.11. The summed E-state index contributed by atoms with van der Waals surface area (Å²) in [6.45, 7) is 6.23. The molecule has 4 aliphatic rings. The number of ether oxygens (including phenoxy) is 1. The Morgan fingerprint density at radius 1 is 0.935 bits per heavy atom. The van der Waals surface area contributed by atoms with Gasteiger partial charge < -0.3 is 15.2 Å². The van der Waals surface area contributed by atoms with E-state index < -0.39 is 6.10 Å². The van der Waals surface area contributed by atoms with Gasteiger partial charge in [0.25, 0.3) is 0 Å². The first-order valence-corrected chi connectivity index (χ1v) is 13.1. The lowest BCUT2D eigenvalue weighted by molar-refractivity contribution is -0.107. The number of aliphatic hydroxyl groups excluding tert-OH is 1. The highest BCUT2D eigenvalue weighted by molar-refractivity contribution is 5.21. The Morgan fingerprint density at radius 3 is 2.58 bits per heavy atom. The van der Waals surface area contributed by atoms with E-state index in [1.54, 1.807) is 0 Å². The average molecular weight is 426 g/mol. The van der Waals surface area contributed by atoms with E-state index in [0.29, 0.717) is 30.0 Å². The van der Waals surface area contributed by atoms with Crippen LogP contribution in [0.4, 0.5) is 0 Å². The van der Waals surface area contributed by atoms with Gasteiger partial charge in [-0.1, -0.05) is 44.9 Å². The first-order valence-electron chi connectivity index (χ1n) is 13.1. The number of fused-ring (bicyclic) bond motifs is 5. The van der Waals surface area contributed by atoms with E-state index >= 15 is 0 Å². The minimum atomic E-state index is -0.462. The summed E-state index contributed by atoms with van der Waals surface area (Å²) in [5.41, 5.74) is 1.03. The third kappa shape index (κ3) is 3.95. The molecule has 0 spiro atoms. The van der Waals surface area contributed by atoms with Crippen molar-refractivity contribution in [3.8, 4) is 5.75 Å². The predicted octanol–water partition coefficient (Wildman–Crippen LogP) is 5.82. The van der Waals surface area contributed by atoms with Crippen molar-refractivity contribution < 1.29 is 9.84 Å². The van der Waals surface area contributed by atoms with Crippen LogP contribution >= 0.6 is 0 Å². The number of nitrogens with one attached hydrogen (secondary N) is 1. The summed E-state index contributed by atoms with van der Waals surface area (Å²) in [4.78, 5) is 0. The van der Waals surface area contributed by atoms with Gasteiger partial charge in [-0.2, -0.15) is 0 Å². The molecule has 5 rings (SSSR count). The zero-order valence-electron chi connectivity index (χ0n) is 19.7. The van der Waals surface area contributed by atoms with E-state index in [4.69, 9.17) is 4.74 Å². The molecule has 0 saturated heterocycles. The van der Waals surface area contributed by atoms with E-state index in [0.717, 1.165) is 29.4 Å². The highest BCUT2D eigenvalue weighted by Crippen LogP contribution is 2.66. The second-order valence-corrected chi connectivity index (χ2v) is 11.8. The number of benzene rings is 1. The average Bonchev–Trinajstić information content (AvgIpc) is 3.13. The van der Waals surface area contributed by atoms with Crippen LogP contribution < -0.4 is 10.1 Å². The molecule has 0 heterocycles. The van der Waals surface area contributed by atoms with E-state index in [1.807, 2.05) is 30.3 Å². The van der Waals surface area contributed by atoms with Crippen molar-refractivity contribution >= 4 is 0 Å². The number of rotatable bonds is 6. The van der Waals surface area contributed by atoms with Gasteiger partial charge in [-0.25, -0.2) is 0 Å². The number of para-hydroxylation sites is 1. The predicted molar refractivity (Wildman–Crippen MR) is 126 cm³/mol. The molecule has 1 aromatic carbocycles. The molecule has 1 aromatic rings. The molecule has 0 amide bonds. The minimum Gasteiger partial charge on any atom is -0.491 e. The van der Waals surface area contributed by atoms with Gasteiger partial charge >= 0.3 is 0 Å². The standard InChI is InChI=1S/C28H43NO2/c1-27-16-7-6-8-20(27)11-12-23-24-13-14-26(28(24,2)17-15-25(23)27)29-18-21(30)19-31-22-9-4-3-5-10-22/h3-5,9-10,20-21,23-26,29-30H,6-8,11-19H2,1-2H3/t20-,21+,23+,24+,25+,26+,27+,28+/m1/s1. The minimum absolute atomic E-state index is 0.355. The molecule has 2 N–H and O–H groups in total. The van der Waals surface area contributed by atoms with E-state index in [-0.39, 0.29) is 0 Å². The highest BCUT2D eigenvalue weighted by Gasteiger charge is 2.59. The smallest absolute Gasteiger partial charge is 0.119 e. The van der Waals surface area contributed by atoms with Crippen LogP contribution in [0.25, 0.3) is 0 Å². The number of aliphatic hydroxyl groups is 1. The molecule has 0 radical (unpaired) electrons. The Labute approximate surface area is 189 Å². The molecule has 31 heavy (non-hydrogen) atoms. The molecule has 8 atom stereocenters. The summed E-state index contributed by atoms with van der Waals surface area (Å²) < 4.78 is 5.76. The summed E-state index contributed by atoms with van der Waals surface area (Å²) in [7, 11) is 0. The largest absolute Gasteiger partial charge is 0.491 e. The van der Waals surface area contributed by atoms with Crippen molar-refractivity contribution in [2.24, 2.45) is 34.5 Å². The zero-order chi connectivity index (χ0) is 21.5. The second-order valence-electron chi connectivity index (χ2n) is 11.8. The van der Waals surface area contributed by atoms with Crippen molar-refractivity contribution in [2.45, 2.75) is 90.2 Å². The fraction of sp³-hybridized carbons (Fsp3) is 0.786. The lowest BCUT2D eigenvalue weighted by atomic mass is 9.45. The van der Waals surface area contributed by atoms with Crippen LogP contribution in [0.15, 0.2) is 30.3 Å². The number of hydrogen-bond donors (Lipinski definition) is 2. The fourth-order valence-corrected chi connectivity index (χ4v) is 8.68. The summed E-state index contributed by atoms with van der Waals surface area (Å²) in [6, 6.07) is 10.4. The summed E-state index contributed by atoms with van der Waals surface area (Å²) >= 11 is 0. The van der Waals surface area contributed by atoms with Crippen LogP contribution in [0.2, 0.25) is 0 Å². The van der Waals surface area contributed by atoms with Gasteiger partial charge in [0.15, 0.2) is 0 Å². The van der Waals surface area contributed by atoms with Crippen LogP contribution in [0, 0.1) is 34.5 Å². The fourth-order valence-electron chi connectivity index (χ4n) is 8.68. The summed E-state index contributed by atoms with van der Waals surface area (Å²) in [6.07, 6.45) is 13.9. The van der Waals surface area contributed by atoms with Crippen LogP contribution in [0.5, 0.6) is 5.75 Å². The van der Waals surface area contributed by atoms with Crippen molar-refractivity contribution in [1.29, 1.82) is 0 Å². The Hall–Kier alpha value is -1.06. The van der Waals surface area contributed by atoms with E-state index in [9.17, 15) is 5.11 Å². The Morgan fingerprint density at radius 2 is 1.74 bits per heavy atom. The first-order chi connectivity index (χ1) is 15.0. The molecular formula is C28H43NO2. The monoisotopic (exact) mass is 425 g/mol. The maximum Gasteiger partial charge on any atom is 0.119 e. The molecule has 0 aliphatic heterocycles. The highest BCUT2D eigenvalue weighted by atomic mass is 16.5.